The van der Waals surface area contributed by atoms with Gasteiger partial charge in [0.25, 0.3) is 0 Å². The molecule has 0 aromatic carbocycles. The van der Waals surface area contributed by atoms with Crippen LogP contribution in [0.1, 0.15) is 26.2 Å². The van der Waals surface area contributed by atoms with E-state index in [9.17, 15) is 4.79 Å². The molecule has 1 saturated heterocycles. The summed E-state index contributed by atoms with van der Waals surface area (Å²) in [5.41, 5.74) is 5.67. The van der Waals surface area contributed by atoms with Crippen molar-refractivity contribution in [1.29, 1.82) is 0 Å². The van der Waals surface area contributed by atoms with E-state index >= 15 is 0 Å². The van der Waals surface area contributed by atoms with Crippen molar-refractivity contribution in [1.82, 2.24) is 4.90 Å². The highest BCUT2D eigenvalue weighted by Crippen LogP contribution is 2.08. The maximum absolute atomic E-state index is 11.3. The Morgan fingerprint density at radius 3 is 2.91 bits per heavy atom. The minimum Gasteiger partial charge on any atom is -0.341 e. The van der Waals surface area contributed by atoms with Crippen molar-refractivity contribution in [3.63, 3.8) is 0 Å². The van der Waals surface area contributed by atoms with Crippen molar-refractivity contribution in [2.45, 2.75) is 32.2 Å². The molecule has 1 fully saturated rings. The van der Waals surface area contributed by atoms with Gasteiger partial charge < -0.3 is 10.6 Å². The molecule has 2 N–H and O–H groups in total. The molecule has 0 saturated carbocycles. The quantitative estimate of drug-likeness (QED) is 0.627. The second-order valence-electron chi connectivity index (χ2n) is 3.14. The minimum atomic E-state index is 0.218. The van der Waals surface area contributed by atoms with Crippen LogP contribution in [0.2, 0.25) is 0 Å². The monoisotopic (exact) mass is 156 g/mol. The number of nitrogens with zero attached hydrogens (tertiary/aromatic N) is 1. The first-order valence-electron chi connectivity index (χ1n) is 4.27. The van der Waals surface area contributed by atoms with Gasteiger partial charge in [0.1, 0.15) is 0 Å². The van der Waals surface area contributed by atoms with E-state index in [2.05, 4.69) is 0 Å². The van der Waals surface area contributed by atoms with Gasteiger partial charge in [-0.05, 0) is 12.8 Å². The molecular weight excluding hydrogens is 140 g/mol. The molecule has 1 aliphatic rings. The Morgan fingerprint density at radius 1 is 1.73 bits per heavy atom. The lowest BCUT2D eigenvalue weighted by molar-refractivity contribution is -0.130. The molecule has 0 aromatic heterocycles. The summed E-state index contributed by atoms with van der Waals surface area (Å²) < 4.78 is 0. The zero-order valence-corrected chi connectivity index (χ0v) is 7.05. The fourth-order valence-electron chi connectivity index (χ4n) is 1.39. The van der Waals surface area contributed by atoms with Gasteiger partial charge in [-0.15, -0.1) is 0 Å². The van der Waals surface area contributed by atoms with Crippen LogP contribution in [0, 0.1) is 0 Å². The molecule has 11 heavy (non-hydrogen) atoms. The van der Waals surface area contributed by atoms with Gasteiger partial charge in [-0.1, -0.05) is 6.92 Å². The summed E-state index contributed by atoms with van der Waals surface area (Å²) in [4.78, 5) is 13.1. The van der Waals surface area contributed by atoms with E-state index in [1.165, 1.54) is 0 Å². The molecule has 0 radical (unpaired) electrons. The Labute approximate surface area is 67.5 Å². The Kier molecular flexibility index (Phi) is 2.88. The van der Waals surface area contributed by atoms with E-state index in [1.807, 2.05) is 11.8 Å². The molecule has 0 bridgehead atoms. The first-order valence-corrected chi connectivity index (χ1v) is 4.27. The molecule has 1 rings (SSSR count). The number of hydrogen-bond donors (Lipinski definition) is 1. The number of carbonyl (C=O) groups excluding carboxylic acids is 1. The molecule has 3 heteroatoms. The van der Waals surface area contributed by atoms with Gasteiger partial charge >= 0.3 is 0 Å². The van der Waals surface area contributed by atoms with E-state index in [0.717, 1.165) is 25.9 Å². The summed E-state index contributed by atoms with van der Waals surface area (Å²) >= 11 is 0. The molecule has 3 nitrogen and oxygen atoms in total. The summed E-state index contributed by atoms with van der Waals surface area (Å²) in [5.74, 6) is 0.264. The van der Waals surface area contributed by atoms with Crippen LogP contribution in [-0.2, 0) is 4.79 Å². The Morgan fingerprint density at radius 2 is 2.45 bits per heavy atom. The lowest BCUT2D eigenvalue weighted by Crippen LogP contribution is -2.31. The summed E-state index contributed by atoms with van der Waals surface area (Å²) in [6.45, 7) is 3.65. The fourth-order valence-corrected chi connectivity index (χ4v) is 1.39. The molecule has 0 aromatic rings. The number of rotatable bonds is 2. The first-order chi connectivity index (χ1) is 5.24. The highest BCUT2D eigenvalue weighted by Gasteiger charge is 2.22. The van der Waals surface area contributed by atoms with Gasteiger partial charge in [-0.25, -0.2) is 0 Å². The highest BCUT2D eigenvalue weighted by atomic mass is 16.2. The van der Waals surface area contributed by atoms with Gasteiger partial charge in [0.15, 0.2) is 0 Å². The highest BCUT2D eigenvalue weighted by molar-refractivity contribution is 5.76. The third-order valence-corrected chi connectivity index (χ3v) is 2.04. The van der Waals surface area contributed by atoms with E-state index in [-0.39, 0.29) is 11.9 Å². The predicted molar refractivity (Wildman–Crippen MR) is 44.1 cm³/mol. The van der Waals surface area contributed by atoms with Crippen LogP contribution in [-0.4, -0.2) is 29.9 Å². The molecule has 0 aliphatic carbocycles. The van der Waals surface area contributed by atoms with Gasteiger partial charge in [-0.2, -0.15) is 0 Å². The zero-order chi connectivity index (χ0) is 8.27. The molecule has 0 unspecified atom stereocenters. The molecular formula is C8H16N2O. The van der Waals surface area contributed by atoms with Crippen LogP contribution < -0.4 is 5.73 Å². The van der Waals surface area contributed by atoms with Gasteiger partial charge in [0, 0.05) is 25.6 Å². The second-order valence-corrected chi connectivity index (χ2v) is 3.14. The summed E-state index contributed by atoms with van der Waals surface area (Å²) in [6.07, 6.45) is 2.58. The molecule has 1 aliphatic heterocycles. The number of amides is 1. The van der Waals surface area contributed by atoms with Gasteiger partial charge in [0.2, 0.25) is 5.91 Å². The smallest absolute Gasteiger partial charge is 0.222 e. The molecule has 1 atom stereocenters. The number of nitrogens with two attached hydrogens (primary N) is 1. The van der Waals surface area contributed by atoms with Crippen molar-refractivity contribution in [2.24, 2.45) is 5.73 Å². The molecule has 1 amide bonds. The van der Waals surface area contributed by atoms with Crippen molar-refractivity contribution in [3.8, 4) is 0 Å². The fraction of sp³-hybridized carbons (Fsp3) is 0.875. The van der Waals surface area contributed by atoms with Crippen molar-refractivity contribution in [3.05, 3.63) is 0 Å². The third kappa shape index (κ3) is 2.19. The third-order valence-electron chi connectivity index (χ3n) is 2.04. The lowest BCUT2D eigenvalue weighted by atomic mass is 10.3. The average molecular weight is 156 g/mol. The Balaban J connectivity index is 2.31. The van der Waals surface area contributed by atoms with Gasteiger partial charge in [0.05, 0.1) is 0 Å². The zero-order valence-electron chi connectivity index (χ0n) is 7.05. The average Bonchev–Trinajstić information content (AvgIpc) is 2.36. The summed E-state index contributed by atoms with van der Waals surface area (Å²) in [7, 11) is 0. The Bertz CT molecular complexity index is 147. The van der Waals surface area contributed by atoms with Crippen molar-refractivity contribution < 1.29 is 4.79 Å². The van der Waals surface area contributed by atoms with Crippen LogP contribution in [0.25, 0.3) is 0 Å². The number of carbonyl (C=O) groups is 1. The molecule has 64 valence electrons. The van der Waals surface area contributed by atoms with Crippen LogP contribution in [0.4, 0.5) is 0 Å². The number of likely N-dealkylation sites (tertiary alicyclic amines) is 1. The normalized spacial score (nSPS) is 24.2. The standard InChI is InChI=1S/C8H16N2O/c1-2-3-8(11)10-5-4-7(9)6-10/h7H,2-6,9H2,1H3/t7-/m0/s1. The molecule has 0 spiro atoms. The topological polar surface area (TPSA) is 46.3 Å². The second kappa shape index (κ2) is 3.72. The van der Waals surface area contributed by atoms with Crippen LogP contribution >= 0.6 is 0 Å². The van der Waals surface area contributed by atoms with E-state index in [1.54, 1.807) is 0 Å². The van der Waals surface area contributed by atoms with Gasteiger partial charge in [-0.3, -0.25) is 4.79 Å². The van der Waals surface area contributed by atoms with E-state index in [0.29, 0.717) is 6.42 Å². The lowest BCUT2D eigenvalue weighted by Gasteiger charge is -2.14. The number of hydrogen-bond acceptors (Lipinski definition) is 2. The largest absolute Gasteiger partial charge is 0.341 e. The van der Waals surface area contributed by atoms with Crippen molar-refractivity contribution >= 4 is 5.91 Å². The van der Waals surface area contributed by atoms with Crippen LogP contribution in [0.5, 0.6) is 0 Å². The maximum atomic E-state index is 11.3. The maximum Gasteiger partial charge on any atom is 0.222 e. The van der Waals surface area contributed by atoms with Crippen LogP contribution in [0.15, 0.2) is 0 Å². The predicted octanol–water partition coefficient (Wildman–Crippen LogP) is 0.346. The van der Waals surface area contributed by atoms with Crippen molar-refractivity contribution in [2.75, 3.05) is 13.1 Å². The summed E-state index contributed by atoms with van der Waals surface area (Å²) in [5, 5.41) is 0. The summed E-state index contributed by atoms with van der Waals surface area (Å²) in [6, 6.07) is 0.218. The molecule has 1 heterocycles. The van der Waals surface area contributed by atoms with Crippen LogP contribution in [0.3, 0.4) is 0 Å². The SMILES string of the molecule is CCCC(=O)N1CC[C@H](N)C1. The van der Waals surface area contributed by atoms with E-state index < -0.39 is 0 Å². The minimum absolute atomic E-state index is 0.218. The van der Waals surface area contributed by atoms with E-state index in [4.69, 9.17) is 5.73 Å². The Hall–Kier alpha value is -0.570. The first kappa shape index (κ1) is 8.53.